The maximum atomic E-state index is 10.4. The lowest BCUT2D eigenvalue weighted by Gasteiger charge is -2.35. The zero-order chi connectivity index (χ0) is 13.0. The van der Waals surface area contributed by atoms with Gasteiger partial charge in [0.1, 0.15) is 6.07 Å². The zero-order valence-electron chi connectivity index (χ0n) is 10.8. The molecule has 2 rings (SSSR count). The molecule has 0 atom stereocenters. The van der Waals surface area contributed by atoms with E-state index in [1.165, 1.54) is 0 Å². The summed E-state index contributed by atoms with van der Waals surface area (Å²) in [6.45, 7) is 3.64. The van der Waals surface area contributed by atoms with Crippen molar-refractivity contribution < 1.29 is 5.11 Å². The van der Waals surface area contributed by atoms with Crippen LogP contribution in [0.15, 0.2) is 11.4 Å². The van der Waals surface area contributed by atoms with Crippen molar-refractivity contribution in [1.82, 2.24) is 5.32 Å². The predicted octanol–water partition coefficient (Wildman–Crippen LogP) is 2.65. The fraction of sp³-hybridized carbons (Fsp3) is 0.643. The molecule has 1 fully saturated rings. The van der Waals surface area contributed by atoms with E-state index in [9.17, 15) is 5.11 Å². The van der Waals surface area contributed by atoms with Crippen LogP contribution in [-0.2, 0) is 6.54 Å². The van der Waals surface area contributed by atoms with E-state index in [0.717, 1.165) is 48.6 Å². The van der Waals surface area contributed by atoms with Crippen LogP contribution in [0.1, 0.15) is 43.0 Å². The highest BCUT2D eigenvalue weighted by atomic mass is 32.1. The second kappa shape index (κ2) is 5.83. The van der Waals surface area contributed by atoms with Gasteiger partial charge in [-0.1, -0.05) is 6.92 Å². The van der Waals surface area contributed by atoms with E-state index < -0.39 is 5.60 Å². The summed E-state index contributed by atoms with van der Waals surface area (Å²) >= 11 is 1.59. The molecule has 1 aliphatic carbocycles. The number of rotatable bonds is 4. The Morgan fingerprint density at radius 1 is 1.56 bits per heavy atom. The molecule has 0 radical (unpaired) electrons. The van der Waals surface area contributed by atoms with Crippen molar-refractivity contribution in [2.24, 2.45) is 5.92 Å². The van der Waals surface area contributed by atoms with Crippen LogP contribution in [0.3, 0.4) is 0 Å². The van der Waals surface area contributed by atoms with Gasteiger partial charge in [-0.05, 0) is 37.7 Å². The molecule has 4 heteroatoms. The van der Waals surface area contributed by atoms with Gasteiger partial charge in [0.25, 0.3) is 0 Å². The van der Waals surface area contributed by atoms with E-state index in [0.29, 0.717) is 6.54 Å². The maximum Gasteiger partial charge on any atom is 0.100 e. The summed E-state index contributed by atoms with van der Waals surface area (Å²) in [5.41, 5.74) is 0.198. The molecule has 1 saturated carbocycles. The van der Waals surface area contributed by atoms with E-state index in [1.807, 2.05) is 11.4 Å². The Kier molecular flexibility index (Phi) is 4.39. The van der Waals surface area contributed by atoms with Crippen molar-refractivity contribution >= 4 is 11.3 Å². The molecule has 2 N–H and O–H groups in total. The van der Waals surface area contributed by atoms with Crippen molar-refractivity contribution in [3.63, 3.8) is 0 Å². The number of thiophene rings is 1. The highest BCUT2D eigenvalue weighted by Crippen LogP contribution is 2.31. The van der Waals surface area contributed by atoms with E-state index in [4.69, 9.17) is 5.26 Å². The summed E-state index contributed by atoms with van der Waals surface area (Å²) in [4.78, 5) is 1.15. The smallest absolute Gasteiger partial charge is 0.100 e. The molecule has 98 valence electrons. The maximum absolute atomic E-state index is 10.4. The van der Waals surface area contributed by atoms with Crippen LogP contribution >= 0.6 is 11.3 Å². The van der Waals surface area contributed by atoms with Gasteiger partial charge in [0.2, 0.25) is 0 Å². The molecule has 1 aliphatic rings. The van der Waals surface area contributed by atoms with E-state index in [-0.39, 0.29) is 0 Å². The summed E-state index contributed by atoms with van der Waals surface area (Å²) < 4.78 is 0. The van der Waals surface area contributed by atoms with Crippen molar-refractivity contribution in [2.45, 2.75) is 44.8 Å². The number of nitriles is 1. The van der Waals surface area contributed by atoms with Crippen LogP contribution in [-0.4, -0.2) is 17.3 Å². The fourth-order valence-electron chi connectivity index (χ4n) is 2.43. The molecule has 0 aromatic carbocycles. The van der Waals surface area contributed by atoms with Crippen molar-refractivity contribution in [1.29, 1.82) is 5.26 Å². The molecule has 0 saturated heterocycles. The van der Waals surface area contributed by atoms with Gasteiger partial charge in [0.05, 0.1) is 11.2 Å². The van der Waals surface area contributed by atoms with Crippen molar-refractivity contribution in [3.8, 4) is 6.07 Å². The fourth-order valence-corrected chi connectivity index (χ4v) is 3.21. The molecule has 0 aliphatic heterocycles. The molecule has 0 unspecified atom stereocenters. The Labute approximate surface area is 112 Å². The zero-order valence-corrected chi connectivity index (χ0v) is 11.6. The number of hydrogen-bond acceptors (Lipinski definition) is 4. The first-order valence-corrected chi connectivity index (χ1v) is 7.40. The van der Waals surface area contributed by atoms with E-state index >= 15 is 0 Å². The highest BCUT2D eigenvalue weighted by molar-refractivity contribution is 7.10. The molecular formula is C14H20N2OS. The van der Waals surface area contributed by atoms with Crippen molar-refractivity contribution in [2.75, 3.05) is 6.54 Å². The van der Waals surface area contributed by atoms with E-state index in [1.54, 1.807) is 11.3 Å². The second-order valence-electron chi connectivity index (χ2n) is 5.42. The monoisotopic (exact) mass is 264 g/mol. The Morgan fingerprint density at radius 3 is 2.89 bits per heavy atom. The number of nitrogens with one attached hydrogen (secondary N) is 1. The minimum Gasteiger partial charge on any atom is -0.389 e. The molecule has 1 heterocycles. The summed E-state index contributed by atoms with van der Waals surface area (Å²) in [7, 11) is 0. The predicted molar refractivity (Wildman–Crippen MR) is 73.3 cm³/mol. The van der Waals surface area contributed by atoms with E-state index in [2.05, 4.69) is 18.3 Å². The molecule has 3 nitrogen and oxygen atoms in total. The lowest BCUT2D eigenvalue weighted by Crippen LogP contribution is -2.43. The lowest BCUT2D eigenvalue weighted by atomic mass is 9.79. The lowest BCUT2D eigenvalue weighted by molar-refractivity contribution is -0.00625. The third-order valence-corrected chi connectivity index (χ3v) is 4.68. The highest BCUT2D eigenvalue weighted by Gasteiger charge is 2.31. The molecule has 1 aromatic heterocycles. The summed E-state index contributed by atoms with van der Waals surface area (Å²) in [5, 5.41) is 24.3. The Bertz CT molecular complexity index is 427. The molecule has 18 heavy (non-hydrogen) atoms. The van der Waals surface area contributed by atoms with Crippen LogP contribution in [0.25, 0.3) is 0 Å². The Morgan fingerprint density at radius 2 is 2.28 bits per heavy atom. The van der Waals surface area contributed by atoms with Gasteiger partial charge in [0.15, 0.2) is 0 Å². The largest absolute Gasteiger partial charge is 0.389 e. The first kappa shape index (κ1) is 13.5. The SMILES string of the molecule is CC1CCC(O)(CNCc2cc(C#N)cs2)CC1. The van der Waals surface area contributed by atoms with Crippen LogP contribution < -0.4 is 5.32 Å². The second-order valence-corrected chi connectivity index (χ2v) is 6.42. The minimum atomic E-state index is -0.526. The first-order valence-electron chi connectivity index (χ1n) is 6.52. The summed E-state index contributed by atoms with van der Waals surface area (Å²) in [6, 6.07) is 4.04. The third-order valence-electron chi connectivity index (χ3n) is 3.74. The van der Waals surface area contributed by atoms with Gasteiger partial charge in [-0.25, -0.2) is 0 Å². The minimum absolute atomic E-state index is 0.526. The van der Waals surface area contributed by atoms with Crippen LogP contribution in [0.4, 0.5) is 0 Å². The first-order chi connectivity index (χ1) is 8.61. The Hall–Kier alpha value is -0.890. The van der Waals surface area contributed by atoms with Gasteiger partial charge in [0, 0.05) is 23.3 Å². The van der Waals surface area contributed by atoms with Gasteiger partial charge in [-0.2, -0.15) is 5.26 Å². The number of aliphatic hydroxyl groups is 1. The number of hydrogen-bond donors (Lipinski definition) is 2. The average molecular weight is 264 g/mol. The molecule has 0 spiro atoms. The van der Waals surface area contributed by atoms with Crippen LogP contribution in [0.2, 0.25) is 0 Å². The Balaban J connectivity index is 1.76. The average Bonchev–Trinajstić information content (AvgIpc) is 2.81. The van der Waals surface area contributed by atoms with Gasteiger partial charge < -0.3 is 10.4 Å². The van der Waals surface area contributed by atoms with Crippen molar-refractivity contribution in [3.05, 3.63) is 21.9 Å². The van der Waals surface area contributed by atoms with Crippen LogP contribution in [0.5, 0.6) is 0 Å². The van der Waals surface area contributed by atoms with Gasteiger partial charge in [-0.15, -0.1) is 11.3 Å². The molecule has 0 amide bonds. The number of nitrogens with zero attached hydrogens (tertiary/aromatic N) is 1. The van der Waals surface area contributed by atoms with Gasteiger partial charge in [-0.3, -0.25) is 0 Å². The third kappa shape index (κ3) is 3.55. The quantitative estimate of drug-likeness (QED) is 0.879. The van der Waals surface area contributed by atoms with Crippen LogP contribution in [0, 0.1) is 17.2 Å². The van der Waals surface area contributed by atoms with Gasteiger partial charge >= 0.3 is 0 Å². The topological polar surface area (TPSA) is 56.0 Å². The molecule has 1 aromatic rings. The molecular weight excluding hydrogens is 244 g/mol. The standard InChI is InChI=1S/C14H20N2OS/c1-11-2-4-14(17,5-3-11)10-16-8-13-6-12(7-15)9-18-13/h6,9,11,16-17H,2-5,8,10H2,1H3. The summed E-state index contributed by atoms with van der Waals surface area (Å²) in [5.74, 6) is 0.751. The molecule has 0 bridgehead atoms. The summed E-state index contributed by atoms with van der Waals surface area (Å²) in [6.07, 6.45) is 4.04. The normalized spacial score (nSPS) is 27.9.